The predicted molar refractivity (Wildman–Crippen MR) is 125 cm³/mol. The molecule has 0 N–H and O–H groups in total. The molecular formula is C22H40Cl2SiZr-4. The van der Waals surface area contributed by atoms with Gasteiger partial charge in [0.05, 0.1) is 0 Å². The quantitative estimate of drug-likeness (QED) is 0.299. The van der Waals surface area contributed by atoms with E-state index in [2.05, 4.69) is 78.0 Å². The molecule has 26 heavy (non-hydrogen) atoms. The van der Waals surface area contributed by atoms with Gasteiger partial charge in [0.15, 0.2) is 0 Å². The van der Waals surface area contributed by atoms with E-state index >= 15 is 0 Å². The van der Waals surface area contributed by atoms with Gasteiger partial charge in [0.2, 0.25) is 0 Å². The summed E-state index contributed by atoms with van der Waals surface area (Å²) in [6.07, 6.45) is 17.9. The normalized spacial score (nSPS) is 18.6. The van der Waals surface area contributed by atoms with E-state index in [0.29, 0.717) is 23.7 Å². The third kappa shape index (κ3) is 14.7. The topological polar surface area (TPSA) is 0 Å². The molecule has 0 amide bonds. The van der Waals surface area contributed by atoms with Gasteiger partial charge in [-0.25, -0.2) is 23.3 Å². The number of hydrogen-bond donors (Lipinski definition) is 0. The fraction of sp³-hybridized carbons (Fsp3) is 0.545. The summed E-state index contributed by atoms with van der Waals surface area (Å²) < 4.78 is 0. The molecule has 2 rings (SSSR count). The molecule has 0 radical (unpaired) electrons. The molecule has 0 saturated heterocycles. The van der Waals surface area contributed by atoms with E-state index in [1.807, 2.05) is 6.88 Å². The van der Waals surface area contributed by atoms with Crippen LogP contribution in [0.5, 0.6) is 0 Å². The minimum atomic E-state index is 0. The van der Waals surface area contributed by atoms with E-state index in [9.17, 15) is 0 Å². The number of rotatable bonds is 4. The molecule has 0 nitrogen and oxygen atoms in total. The number of hydrogen-bond acceptors (Lipinski definition) is 0. The molecule has 154 valence electrons. The van der Waals surface area contributed by atoms with Crippen LogP contribution in [-0.2, 0) is 23.3 Å². The van der Waals surface area contributed by atoms with Crippen LogP contribution in [0.2, 0.25) is 0 Å². The van der Waals surface area contributed by atoms with Crippen LogP contribution in [0.15, 0.2) is 35.5 Å². The van der Waals surface area contributed by atoms with Crippen molar-refractivity contribution in [3.05, 3.63) is 62.5 Å². The molecule has 2 atom stereocenters. The summed E-state index contributed by atoms with van der Waals surface area (Å²) in [4.78, 5) is 0. The van der Waals surface area contributed by atoms with Gasteiger partial charge in [-0.15, -0.1) is 24.8 Å². The Hall–Kier alpha value is 0.640. The van der Waals surface area contributed by atoms with Crippen LogP contribution in [0.1, 0.15) is 54.4 Å². The minimum absolute atomic E-state index is 0. The van der Waals surface area contributed by atoms with E-state index in [1.54, 1.807) is 23.3 Å². The summed E-state index contributed by atoms with van der Waals surface area (Å²) in [6, 6.07) is 0. The van der Waals surface area contributed by atoms with E-state index in [0.717, 1.165) is 12.8 Å². The summed E-state index contributed by atoms with van der Waals surface area (Å²) in [5.41, 5.74) is 2.89. The first-order chi connectivity index (χ1) is 10.5. The molecule has 2 aliphatic rings. The Kier molecular flexibility index (Phi) is 31.6. The molecule has 0 aromatic rings. The van der Waals surface area contributed by atoms with Crippen LogP contribution in [0.25, 0.3) is 0 Å². The maximum atomic E-state index is 3.34. The van der Waals surface area contributed by atoms with E-state index in [4.69, 9.17) is 0 Å². The fourth-order valence-electron chi connectivity index (χ4n) is 2.27. The van der Waals surface area contributed by atoms with E-state index in [-0.39, 0.29) is 39.7 Å². The average molecular weight is 495 g/mol. The van der Waals surface area contributed by atoms with Gasteiger partial charge in [0, 0.05) is 0 Å². The van der Waals surface area contributed by atoms with Crippen molar-refractivity contribution in [1.29, 1.82) is 0 Å². The summed E-state index contributed by atoms with van der Waals surface area (Å²) in [5.74, 6) is 2.57. The van der Waals surface area contributed by atoms with Crippen molar-refractivity contribution in [2.75, 3.05) is 0 Å². The van der Waals surface area contributed by atoms with Crippen LogP contribution in [0.4, 0.5) is 0 Å². The Bertz CT molecular complexity index is 397. The van der Waals surface area contributed by atoms with Crippen LogP contribution >= 0.6 is 24.8 Å². The molecule has 0 aromatic carbocycles. The Morgan fingerprint density at radius 1 is 0.808 bits per heavy atom. The Balaban J connectivity index is -0.0000000904. The standard InChI is InChI=1S/2C10H15.2CH3.2ClH.H2Si.Zr/c2*1-4-9-5-6-10(7-9)8(2)3;;;;;;/h2*5,7-8,10H,4H2,1-3H3;2*1H3;2*1H;1H2;/q4*-1;;;;. The van der Waals surface area contributed by atoms with Crippen molar-refractivity contribution in [3.8, 4) is 0 Å². The monoisotopic (exact) mass is 492 g/mol. The van der Waals surface area contributed by atoms with Gasteiger partial charge >= 0.3 is 30.2 Å². The van der Waals surface area contributed by atoms with Gasteiger partial charge < -0.3 is 14.9 Å². The molecule has 0 aromatic heterocycles. The van der Waals surface area contributed by atoms with Crippen LogP contribution in [-0.4, -0.2) is 6.88 Å². The Morgan fingerprint density at radius 2 is 1.08 bits per heavy atom. The van der Waals surface area contributed by atoms with Crippen LogP contribution < -0.4 is 0 Å². The third-order valence-electron chi connectivity index (χ3n) is 3.96. The third-order valence-corrected chi connectivity index (χ3v) is 3.96. The summed E-state index contributed by atoms with van der Waals surface area (Å²) in [5, 5.41) is 0. The van der Waals surface area contributed by atoms with Crippen molar-refractivity contribution in [2.24, 2.45) is 23.7 Å². The van der Waals surface area contributed by atoms with E-state index in [1.165, 1.54) is 11.1 Å². The molecule has 0 fully saturated rings. The van der Waals surface area contributed by atoms with Crippen molar-refractivity contribution >= 4 is 31.7 Å². The van der Waals surface area contributed by atoms with Gasteiger partial charge in [0.1, 0.15) is 0 Å². The van der Waals surface area contributed by atoms with Gasteiger partial charge in [0.25, 0.3) is 0 Å². The van der Waals surface area contributed by atoms with Crippen molar-refractivity contribution in [3.63, 3.8) is 0 Å². The fourth-order valence-corrected chi connectivity index (χ4v) is 2.27. The number of allylic oxidation sites excluding steroid dienone is 8. The zero-order chi connectivity index (χ0) is 17.1. The second-order valence-corrected chi connectivity index (χ2v) is 6.35. The Morgan fingerprint density at radius 3 is 1.19 bits per heavy atom. The molecule has 0 heterocycles. The maximum absolute atomic E-state index is 3.34. The average Bonchev–Trinajstić information content (AvgIpc) is 3.19. The predicted octanol–water partition coefficient (Wildman–Crippen LogP) is 6.76. The van der Waals surface area contributed by atoms with Crippen LogP contribution in [0, 0.1) is 50.7 Å². The molecule has 0 aliphatic heterocycles. The molecule has 4 heteroatoms. The SMILES string of the molecule is CCC1=CC(C(C)C)[C-]=C1.CCC1=CC(C(C)C)[C-]=C1.Cl.Cl.[CH3-].[CH3-].[SiH2]=[Zr]. The van der Waals surface area contributed by atoms with Gasteiger partial charge in [-0.3, -0.25) is 12.2 Å². The van der Waals surface area contributed by atoms with Crippen molar-refractivity contribution in [1.82, 2.24) is 0 Å². The molecule has 0 bridgehead atoms. The molecule has 0 spiro atoms. The summed E-state index contributed by atoms with van der Waals surface area (Å²) in [7, 11) is 0. The second-order valence-electron chi connectivity index (χ2n) is 6.35. The second kappa shape index (κ2) is 21.9. The Labute approximate surface area is 194 Å². The van der Waals surface area contributed by atoms with E-state index < -0.39 is 0 Å². The first-order valence-corrected chi connectivity index (χ1v) is 14.3. The molecular weight excluding hydrogens is 454 g/mol. The zero-order valence-electron chi connectivity index (χ0n) is 18.1. The van der Waals surface area contributed by atoms with Gasteiger partial charge in [-0.05, 0) is 0 Å². The van der Waals surface area contributed by atoms with Gasteiger partial charge in [-0.2, -0.15) is 12.2 Å². The van der Waals surface area contributed by atoms with Crippen molar-refractivity contribution < 1.29 is 23.3 Å². The first-order valence-electron chi connectivity index (χ1n) is 8.43. The molecule has 0 saturated carbocycles. The van der Waals surface area contributed by atoms with Crippen LogP contribution in [0.3, 0.4) is 0 Å². The molecule has 2 unspecified atom stereocenters. The number of halogens is 2. The van der Waals surface area contributed by atoms with Crippen molar-refractivity contribution in [2.45, 2.75) is 54.4 Å². The molecule has 2 aliphatic carbocycles. The van der Waals surface area contributed by atoms with Gasteiger partial charge in [-0.1, -0.05) is 78.1 Å². The summed E-state index contributed by atoms with van der Waals surface area (Å²) in [6.45, 7) is 15.3. The zero-order valence-corrected chi connectivity index (χ0v) is 23.6. The first kappa shape index (κ1) is 37.4. The summed E-state index contributed by atoms with van der Waals surface area (Å²) >= 11 is 1.58.